The van der Waals surface area contributed by atoms with Gasteiger partial charge in [0.15, 0.2) is 0 Å². The normalized spacial score (nSPS) is 17.0. The summed E-state index contributed by atoms with van der Waals surface area (Å²) >= 11 is 0. The van der Waals surface area contributed by atoms with Crippen LogP contribution in [0, 0.1) is 0 Å². The molecule has 0 unspecified atom stereocenters. The molecular weight excluding hydrogens is 524 g/mol. The number of carboxylic acid groups (broad SMARTS) is 4. The van der Waals surface area contributed by atoms with Crippen molar-refractivity contribution in [3.8, 4) is 0 Å². The Hall–Kier alpha value is -3.98. The third-order valence-corrected chi connectivity index (χ3v) is 6.47. The van der Waals surface area contributed by atoms with Crippen molar-refractivity contribution < 1.29 is 39.6 Å². The molecule has 1 aliphatic heterocycles. The molecule has 2 aromatic rings. The molecule has 3 rings (SSSR count). The van der Waals surface area contributed by atoms with Crippen LogP contribution < -0.4 is 0 Å². The molecule has 0 aliphatic carbocycles. The SMILES string of the molecule is O=C(O)CN1CCN(Cc2cccc(C(=O)O)n2)CCN(CC(=O)O)CCN(Cc2cccc(C(=O)O)n2)CC1. The quantitative estimate of drug-likeness (QED) is 0.304. The molecule has 0 saturated carbocycles. The van der Waals surface area contributed by atoms with Crippen LogP contribution in [0.1, 0.15) is 32.4 Å². The fraction of sp³-hybridized carbons (Fsp3) is 0.462. The topological polar surface area (TPSA) is 188 Å². The van der Waals surface area contributed by atoms with Crippen LogP contribution in [0.25, 0.3) is 0 Å². The maximum Gasteiger partial charge on any atom is 0.354 e. The molecule has 0 radical (unpaired) electrons. The van der Waals surface area contributed by atoms with Gasteiger partial charge in [-0.25, -0.2) is 19.6 Å². The number of hydrogen-bond acceptors (Lipinski definition) is 10. The minimum absolute atomic E-state index is 0.0738. The minimum atomic E-state index is -1.13. The number of carbonyl (C=O) groups is 4. The van der Waals surface area contributed by atoms with E-state index in [-0.39, 0.29) is 24.5 Å². The zero-order chi connectivity index (χ0) is 29.1. The lowest BCUT2D eigenvalue weighted by molar-refractivity contribution is -0.139. The molecule has 14 nitrogen and oxygen atoms in total. The highest BCUT2D eigenvalue weighted by Gasteiger charge is 2.20. The van der Waals surface area contributed by atoms with Gasteiger partial charge in [0.1, 0.15) is 11.4 Å². The number of aromatic nitrogens is 2. The molecule has 0 amide bonds. The van der Waals surface area contributed by atoms with E-state index in [9.17, 15) is 39.6 Å². The van der Waals surface area contributed by atoms with Gasteiger partial charge in [0.25, 0.3) is 0 Å². The van der Waals surface area contributed by atoms with Gasteiger partial charge in [-0.3, -0.25) is 29.2 Å². The lowest BCUT2D eigenvalue weighted by Crippen LogP contribution is -2.47. The number of aromatic carboxylic acids is 2. The first-order valence-corrected chi connectivity index (χ1v) is 12.8. The van der Waals surface area contributed by atoms with E-state index in [0.717, 1.165) is 0 Å². The second kappa shape index (κ2) is 15.0. The van der Waals surface area contributed by atoms with Crippen molar-refractivity contribution >= 4 is 23.9 Å². The number of carboxylic acids is 4. The Kier molecular flexibility index (Phi) is 11.4. The third-order valence-electron chi connectivity index (χ3n) is 6.47. The Morgan fingerprint density at radius 2 is 0.875 bits per heavy atom. The van der Waals surface area contributed by atoms with E-state index < -0.39 is 23.9 Å². The van der Waals surface area contributed by atoms with Crippen LogP contribution in [-0.4, -0.2) is 139 Å². The van der Waals surface area contributed by atoms with Gasteiger partial charge in [-0.2, -0.15) is 0 Å². The zero-order valence-electron chi connectivity index (χ0n) is 22.1. The van der Waals surface area contributed by atoms with Crippen LogP contribution in [0.2, 0.25) is 0 Å². The monoisotopic (exact) mass is 558 g/mol. The largest absolute Gasteiger partial charge is 0.480 e. The summed E-state index contributed by atoms with van der Waals surface area (Å²) in [5, 5.41) is 37.5. The van der Waals surface area contributed by atoms with Crippen molar-refractivity contribution in [3.63, 3.8) is 0 Å². The molecule has 0 bridgehead atoms. The van der Waals surface area contributed by atoms with E-state index in [1.165, 1.54) is 12.1 Å². The summed E-state index contributed by atoms with van der Waals surface area (Å²) in [6.45, 7) is 3.74. The first-order valence-electron chi connectivity index (χ1n) is 12.8. The average molecular weight is 559 g/mol. The first kappa shape index (κ1) is 30.6. The number of hydrogen-bond donors (Lipinski definition) is 4. The highest BCUT2D eigenvalue weighted by molar-refractivity contribution is 5.85. The Morgan fingerprint density at radius 3 is 1.18 bits per heavy atom. The van der Waals surface area contributed by atoms with Crippen molar-refractivity contribution in [2.45, 2.75) is 13.1 Å². The van der Waals surface area contributed by atoms with Crippen LogP contribution in [0.3, 0.4) is 0 Å². The van der Waals surface area contributed by atoms with Crippen LogP contribution >= 0.6 is 0 Å². The molecule has 1 aliphatic rings. The number of aliphatic carboxylic acids is 2. The van der Waals surface area contributed by atoms with Crippen molar-refractivity contribution in [2.75, 3.05) is 65.4 Å². The minimum Gasteiger partial charge on any atom is -0.480 e. The Labute approximate surface area is 231 Å². The Morgan fingerprint density at radius 1 is 0.550 bits per heavy atom. The standard InChI is InChI=1S/C26H34N6O8/c33-23(34)17-31-11-7-29(15-19-3-1-5-21(27-19)25(37)38)8-12-32(18-24(35)36)14-10-30(9-13-31)16-20-4-2-6-22(28-20)26(39)40/h1-6H,7-18H2,(H,33,34)(H,35,36)(H,37,38)(H,39,40). The van der Waals surface area contributed by atoms with Gasteiger partial charge >= 0.3 is 23.9 Å². The van der Waals surface area contributed by atoms with Gasteiger partial charge in [0, 0.05) is 65.4 Å². The van der Waals surface area contributed by atoms with Gasteiger partial charge in [0.05, 0.1) is 24.5 Å². The van der Waals surface area contributed by atoms with Crippen molar-refractivity contribution in [1.82, 2.24) is 29.6 Å². The Bertz CT molecular complexity index is 1090. The maximum absolute atomic E-state index is 11.6. The Balaban J connectivity index is 1.79. The van der Waals surface area contributed by atoms with E-state index in [2.05, 4.69) is 9.97 Å². The molecule has 1 saturated heterocycles. The second-order valence-corrected chi connectivity index (χ2v) is 9.53. The van der Waals surface area contributed by atoms with Gasteiger partial charge in [0.2, 0.25) is 0 Å². The van der Waals surface area contributed by atoms with Gasteiger partial charge in [-0.15, -0.1) is 0 Å². The van der Waals surface area contributed by atoms with E-state index in [0.29, 0.717) is 76.8 Å². The number of pyridine rings is 2. The average Bonchev–Trinajstić information content (AvgIpc) is 2.89. The fourth-order valence-electron chi connectivity index (χ4n) is 4.43. The molecular formula is C26H34N6O8. The molecule has 0 aromatic carbocycles. The van der Waals surface area contributed by atoms with Crippen molar-refractivity contribution in [2.24, 2.45) is 0 Å². The molecule has 4 N–H and O–H groups in total. The second-order valence-electron chi connectivity index (χ2n) is 9.53. The highest BCUT2D eigenvalue weighted by Crippen LogP contribution is 2.09. The van der Waals surface area contributed by atoms with E-state index >= 15 is 0 Å². The van der Waals surface area contributed by atoms with E-state index in [4.69, 9.17) is 0 Å². The predicted octanol–water partition coefficient (Wildman–Crippen LogP) is -0.0360. The zero-order valence-corrected chi connectivity index (χ0v) is 22.1. The first-order chi connectivity index (χ1) is 19.1. The number of nitrogens with zero attached hydrogens (tertiary/aromatic N) is 6. The van der Waals surface area contributed by atoms with Gasteiger partial charge < -0.3 is 20.4 Å². The molecule has 14 heteroatoms. The van der Waals surface area contributed by atoms with Crippen LogP contribution in [0.4, 0.5) is 0 Å². The summed E-state index contributed by atoms with van der Waals surface area (Å²) in [6, 6.07) is 9.49. The summed E-state index contributed by atoms with van der Waals surface area (Å²) in [4.78, 5) is 61.9. The smallest absolute Gasteiger partial charge is 0.354 e. The van der Waals surface area contributed by atoms with Crippen LogP contribution in [0.15, 0.2) is 36.4 Å². The van der Waals surface area contributed by atoms with Crippen molar-refractivity contribution in [1.29, 1.82) is 0 Å². The molecule has 40 heavy (non-hydrogen) atoms. The van der Waals surface area contributed by atoms with Crippen LogP contribution in [0.5, 0.6) is 0 Å². The van der Waals surface area contributed by atoms with E-state index in [1.807, 2.05) is 9.80 Å². The highest BCUT2D eigenvalue weighted by atomic mass is 16.4. The molecule has 3 heterocycles. The summed E-state index contributed by atoms with van der Waals surface area (Å²) in [7, 11) is 0. The summed E-state index contributed by atoms with van der Waals surface area (Å²) in [5.41, 5.74) is 0.943. The van der Waals surface area contributed by atoms with Gasteiger partial charge in [-0.05, 0) is 24.3 Å². The molecule has 1 fully saturated rings. The van der Waals surface area contributed by atoms with Crippen LogP contribution in [-0.2, 0) is 22.7 Å². The summed E-state index contributed by atoms with van der Waals surface area (Å²) in [5.74, 6) is -4.20. The molecule has 2 aromatic heterocycles. The molecule has 216 valence electrons. The van der Waals surface area contributed by atoms with Crippen molar-refractivity contribution in [3.05, 3.63) is 59.2 Å². The third kappa shape index (κ3) is 10.3. The lowest BCUT2D eigenvalue weighted by Gasteiger charge is -2.33. The number of rotatable bonds is 10. The lowest BCUT2D eigenvalue weighted by atomic mass is 10.2. The summed E-state index contributed by atoms with van der Waals surface area (Å²) in [6.07, 6.45) is 0. The van der Waals surface area contributed by atoms with E-state index in [1.54, 1.807) is 34.1 Å². The molecule has 0 atom stereocenters. The molecule has 0 spiro atoms. The maximum atomic E-state index is 11.6. The predicted molar refractivity (Wildman–Crippen MR) is 141 cm³/mol. The summed E-state index contributed by atoms with van der Waals surface area (Å²) < 4.78 is 0. The van der Waals surface area contributed by atoms with Gasteiger partial charge in [-0.1, -0.05) is 12.1 Å². The fourth-order valence-corrected chi connectivity index (χ4v) is 4.43.